The molecule has 1 aromatic rings. The van der Waals surface area contributed by atoms with Crippen LogP contribution in [-0.4, -0.2) is 42.1 Å². The second-order valence-electron chi connectivity index (χ2n) is 5.85. The number of aromatic nitrogens is 1. The van der Waals surface area contributed by atoms with E-state index in [4.69, 9.17) is 0 Å². The summed E-state index contributed by atoms with van der Waals surface area (Å²) in [5, 5.41) is 3.23. The smallest absolute Gasteiger partial charge is 0.270 e. The van der Waals surface area contributed by atoms with Crippen molar-refractivity contribution in [3.63, 3.8) is 0 Å². The van der Waals surface area contributed by atoms with Crippen LogP contribution in [0.4, 0.5) is 0 Å². The first kappa shape index (κ1) is 12.7. The molecule has 104 valence electrons. The Balaban J connectivity index is 1.70. The molecule has 1 N–H and O–H groups in total. The molecule has 0 aromatic carbocycles. The van der Waals surface area contributed by atoms with Crippen LogP contribution in [0.25, 0.3) is 0 Å². The van der Waals surface area contributed by atoms with E-state index >= 15 is 0 Å². The Morgan fingerprint density at radius 1 is 1.42 bits per heavy atom. The van der Waals surface area contributed by atoms with E-state index in [1.54, 1.807) is 0 Å². The topological polar surface area (TPSA) is 37.3 Å². The fraction of sp³-hybridized carbons (Fsp3) is 0.667. The van der Waals surface area contributed by atoms with Gasteiger partial charge in [-0.05, 0) is 57.3 Å². The molecule has 19 heavy (non-hydrogen) atoms. The molecular weight excluding hydrogens is 238 g/mol. The van der Waals surface area contributed by atoms with Crippen molar-refractivity contribution in [3.8, 4) is 0 Å². The normalized spacial score (nSPS) is 23.6. The minimum Gasteiger partial charge on any atom is -0.340 e. The first-order valence-corrected chi connectivity index (χ1v) is 7.40. The summed E-state index contributed by atoms with van der Waals surface area (Å²) in [5.74, 6) is 0.824. The van der Waals surface area contributed by atoms with Crippen molar-refractivity contribution >= 4 is 5.91 Å². The van der Waals surface area contributed by atoms with Gasteiger partial charge in [-0.1, -0.05) is 0 Å². The molecule has 1 aliphatic heterocycles. The summed E-state index contributed by atoms with van der Waals surface area (Å²) in [6.07, 6.45) is 6.85. The molecule has 1 unspecified atom stereocenters. The van der Waals surface area contributed by atoms with Crippen LogP contribution >= 0.6 is 0 Å². The molecule has 1 saturated carbocycles. The number of carbonyl (C=O) groups excluding carboxylic acids is 1. The SMILES string of the molecule is CNCC1CCCN(C(=O)c2cccn2C2CC2)C1. The van der Waals surface area contributed by atoms with Crippen LogP contribution in [0.3, 0.4) is 0 Å². The molecule has 4 nitrogen and oxygen atoms in total. The Hall–Kier alpha value is -1.29. The molecule has 3 rings (SSSR count). The van der Waals surface area contributed by atoms with Crippen LogP contribution in [0.15, 0.2) is 18.3 Å². The van der Waals surface area contributed by atoms with Crippen LogP contribution in [0, 0.1) is 5.92 Å². The molecule has 1 aromatic heterocycles. The van der Waals surface area contributed by atoms with Crippen LogP contribution in [-0.2, 0) is 0 Å². The van der Waals surface area contributed by atoms with Crippen molar-refractivity contribution in [3.05, 3.63) is 24.0 Å². The Morgan fingerprint density at radius 2 is 2.26 bits per heavy atom. The monoisotopic (exact) mass is 261 g/mol. The van der Waals surface area contributed by atoms with Crippen LogP contribution in [0.1, 0.15) is 42.2 Å². The molecule has 2 heterocycles. The fourth-order valence-corrected chi connectivity index (χ4v) is 3.11. The lowest BCUT2D eigenvalue weighted by Gasteiger charge is -2.33. The minimum atomic E-state index is 0.220. The molecule has 0 spiro atoms. The summed E-state index contributed by atoms with van der Waals surface area (Å²) < 4.78 is 2.17. The second-order valence-corrected chi connectivity index (χ2v) is 5.85. The molecular formula is C15H23N3O. The zero-order valence-electron chi connectivity index (χ0n) is 11.6. The number of carbonyl (C=O) groups is 1. The number of hydrogen-bond donors (Lipinski definition) is 1. The standard InChI is InChI=1S/C15H23N3O/c1-16-10-12-4-2-8-17(11-12)15(19)14-5-3-9-18(14)13-6-7-13/h3,5,9,12-13,16H,2,4,6-8,10-11H2,1H3. The van der Waals surface area contributed by atoms with Gasteiger partial charge in [-0.2, -0.15) is 0 Å². The molecule has 2 aliphatic rings. The third-order valence-corrected chi connectivity index (χ3v) is 4.24. The molecule has 4 heteroatoms. The van der Waals surface area contributed by atoms with Crippen molar-refractivity contribution in [2.75, 3.05) is 26.7 Å². The number of amides is 1. The number of piperidine rings is 1. The van der Waals surface area contributed by atoms with Gasteiger partial charge in [-0.25, -0.2) is 0 Å². The molecule has 0 bridgehead atoms. The molecule has 1 saturated heterocycles. The summed E-state index contributed by atoms with van der Waals surface area (Å²) >= 11 is 0. The van der Waals surface area contributed by atoms with Gasteiger partial charge in [-0.15, -0.1) is 0 Å². The van der Waals surface area contributed by atoms with Crippen molar-refractivity contribution in [1.82, 2.24) is 14.8 Å². The Bertz CT molecular complexity index is 448. The highest BCUT2D eigenvalue weighted by atomic mass is 16.2. The van der Waals surface area contributed by atoms with Gasteiger partial charge in [0, 0.05) is 25.3 Å². The average molecular weight is 261 g/mol. The van der Waals surface area contributed by atoms with Gasteiger partial charge in [-0.3, -0.25) is 4.79 Å². The number of nitrogens with one attached hydrogen (secondary N) is 1. The summed E-state index contributed by atoms with van der Waals surface area (Å²) in [6.45, 7) is 2.82. The minimum absolute atomic E-state index is 0.220. The van der Waals surface area contributed by atoms with Gasteiger partial charge in [0.05, 0.1) is 0 Å². The van der Waals surface area contributed by atoms with Gasteiger partial charge in [0.2, 0.25) is 0 Å². The van der Waals surface area contributed by atoms with E-state index in [2.05, 4.69) is 16.1 Å². The molecule has 0 radical (unpaired) electrons. The van der Waals surface area contributed by atoms with E-state index in [0.29, 0.717) is 12.0 Å². The molecule has 2 fully saturated rings. The lowest BCUT2D eigenvalue weighted by atomic mass is 9.98. The van der Waals surface area contributed by atoms with Crippen molar-refractivity contribution in [2.45, 2.75) is 31.7 Å². The fourth-order valence-electron chi connectivity index (χ4n) is 3.11. The average Bonchev–Trinajstić information content (AvgIpc) is 3.16. The largest absolute Gasteiger partial charge is 0.340 e. The highest BCUT2D eigenvalue weighted by Gasteiger charge is 2.30. The predicted molar refractivity (Wildman–Crippen MR) is 75.3 cm³/mol. The van der Waals surface area contributed by atoms with E-state index in [1.165, 1.54) is 19.3 Å². The Kier molecular flexibility index (Phi) is 3.60. The van der Waals surface area contributed by atoms with Gasteiger partial charge < -0.3 is 14.8 Å². The van der Waals surface area contributed by atoms with E-state index in [0.717, 1.165) is 31.7 Å². The van der Waals surface area contributed by atoms with E-state index < -0.39 is 0 Å². The van der Waals surface area contributed by atoms with Crippen LogP contribution in [0.2, 0.25) is 0 Å². The van der Waals surface area contributed by atoms with Gasteiger partial charge in [0.25, 0.3) is 5.91 Å². The first-order valence-electron chi connectivity index (χ1n) is 7.40. The zero-order valence-corrected chi connectivity index (χ0v) is 11.6. The number of likely N-dealkylation sites (tertiary alicyclic amines) is 1. The quantitative estimate of drug-likeness (QED) is 0.898. The maximum Gasteiger partial charge on any atom is 0.270 e. The Labute approximate surface area is 114 Å². The van der Waals surface area contributed by atoms with Crippen molar-refractivity contribution in [1.29, 1.82) is 0 Å². The summed E-state index contributed by atoms with van der Waals surface area (Å²) in [4.78, 5) is 14.7. The summed E-state index contributed by atoms with van der Waals surface area (Å²) in [6, 6.07) is 4.55. The third kappa shape index (κ3) is 2.68. The molecule has 1 atom stereocenters. The summed E-state index contributed by atoms with van der Waals surface area (Å²) in [5.41, 5.74) is 0.882. The third-order valence-electron chi connectivity index (χ3n) is 4.24. The Morgan fingerprint density at radius 3 is 3.00 bits per heavy atom. The zero-order chi connectivity index (χ0) is 13.2. The first-order chi connectivity index (χ1) is 9.29. The maximum atomic E-state index is 12.6. The van der Waals surface area contributed by atoms with Gasteiger partial charge >= 0.3 is 0 Å². The van der Waals surface area contributed by atoms with E-state index in [1.807, 2.05) is 24.1 Å². The van der Waals surface area contributed by atoms with Crippen LogP contribution in [0.5, 0.6) is 0 Å². The van der Waals surface area contributed by atoms with E-state index in [-0.39, 0.29) is 5.91 Å². The highest BCUT2D eigenvalue weighted by Crippen LogP contribution is 2.36. The lowest BCUT2D eigenvalue weighted by Crippen LogP contribution is -2.43. The molecule has 1 amide bonds. The molecule has 1 aliphatic carbocycles. The van der Waals surface area contributed by atoms with Crippen LogP contribution < -0.4 is 5.32 Å². The highest BCUT2D eigenvalue weighted by molar-refractivity contribution is 5.93. The number of rotatable bonds is 4. The maximum absolute atomic E-state index is 12.6. The van der Waals surface area contributed by atoms with Crippen molar-refractivity contribution < 1.29 is 4.79 Å². The predicted octanol–water partition coefficient (Wildman–Crippen LogP) is 1.89. The number of hydrogen-bond acceptors (Lipinski definition) is 2. The second kappa shape index (κ2) is 5.37. The van der Waals surface area contributed by atoms with Gasteiger partial charge in [0.15, 0.2) is 0 Å². The van der Waals surface area contributed by atoms with Crippen molar-refractivity contribution in [2.24, 2.45) is 5.92 Å². The summed E-state index contributed by atoms with van der Waals surface area (Å²) in [7, 11) is 1.99. The number of nitrogens with zero attached hydrogens (tertiary/aromatic N) is 2. The lowest BCUT2D eigenvalue weighted by molar-refractivity contribution is 0.0663. The van der Waals surface area contributed by atoms with Gasteiger partial charge in [0.1, 0.15) is 5.69 Å². The van der Waals surface area contributed by atoms with E-state index in [9.17, 15) is 4.79 Å².